The van der Waals surface area contributed by atoms with Crippen molar-refractivity contribution in [1.29, 1.82) is 0 Å². The van der Waals surface area contributed by atoms with Gasteiger partial charge in [-0.25, -0.2) is 8.78 Å². The van der Waals surface area contributed by atoms with Crippen LogP contribution in [0.2, 0.25) is 0 Å². The highest BCUT2D eigenvalue weighted by atomic mass is 19.1. The fourth-order valence-corrected chi connectivity index (χ4v) is 1.95. The van der Waals surface area contributed by atoms with E-state index in [2.05, 4.69) is 0 Å². The van der Waals surface area contributed by atoms with Crippen molar-refractivity contribution in [3.05, 3.63) is 70.3 Å². The van der Waals surface area contributed by atoms with Crippen LogP contribution in [0, 0.1) is 25.5 Å². The van der Waals surface area contributed by atoms with Crippen LogP contribution in [0.15, 0.2) is 36.4 Å². The van der Waals surface area contributed by atoms with Gasteiger partial charge in [0.05, 0.1) is 0 Å². The third kappa shape index (κ3) is 3.05. The van der Waals surface area contributed by atoms with Crippen LogP contribution < -0.4 is 0 Å². The molecule has 0 aliphatic heterocycles. The molecule has 0 bridgehead atoms. The predicted octanol–water partition coefficient (Wildman–Crippen LogP) is 4.01. The van der Waals surface area contributed by atoms with Gasteiger partial charge < -0.3 is 0 Å². The van der Waals surface area contributed by atoms with Gasteiger partial charge in [0.15, 0.2) is 5.78 Å². The van der Waals surface area contributed by atoms with Gasteiger partial charge in [0.1, 0.15) is 11.6 Å². The van der Waals surface area contributed by atoms with E-state index in [0.717, 1.165) is 11.1 Å². The van der Waals surface area contributed by atoms with E-state index in [0.29, 0.717) is 11.1 Å². The Hall–Kier alpha value is -2.03. The Morgan fingerprint density at radius 2 is 1.74 bits per heavy atom. The highest BCUT2D eigenvalue weighted by Gasteiger charge is 2.10. The zero-order chi connectivity index (χ0) is 14.0. The molecule has 19 heavy (non-hydrogen) atoms. The van der Waals surface area contributed by atoms with Gasteiger partial charge >= 0.3 is 0 Å². The first kappa shape index (κ1) is 13.4. The van der Waals surface area contributed by atoms with Gasteiger partial charge in [0, 0.05) is 12.0 Å². The molecule has 0 atom stereocenters. The number of carbonyl (C=O) groups is 1. The lowest BCUT2D eigenvalue weighted by atomic mass is 9.98. The van der Waals surface area contributed by atoms with Crippen molar-refractivity contribution in [2.24, 2.45) is 0 Å². The van der Waals surface area contributed by atoms with Crippen LogP contribution in [-0.2, 0) is 6.42 Å². The molecule has 0 amide bonds. The second-order valence-electron chi connectivity index (χ2n) is 4.63. The molecule has 0 saturated carbocycles. The lowest BCUT2D eigenvalue weighted by Crippen LogP contribution is -2.05. The minimum absolute atomic E-state index is 0.0993. The Morgan fingerprint density at radius 3 is 2.37 bits per heavy atom. The molecule has 0 aliphatic rings. The number of aryl methyl sites for hydroxylation is 2. The second-order valence-corrected chi connectivity index (χ2v) is 4.63. The first-order valence-electron chi connectivity index (χ1n) is 6.02. The first-order chi connectivity index (χ1) is 8.97. The largest absolute Gasteiger partial charge is 0.294 e. The molecule has 3 heteroatoms. The minimum Gasteiger partial charge on any atom is -0.294 e. The maximum atomic E-state index is 13.1. The number of benzene rings is 2. The predicted molar refractivity (Wildman–Crippen MR) is 70.3 cm³/mol. The van der Waals surface area contributed by atoms with Crippen LogP contribution in [0.4, 0.5) is 8.78 Å². The number of ketones is 1. The average Bonchev–Trinajstić information content (AvgIpc) is 2.36. The number of halogens is 2. The number of hydrogen-bond acceptors (Lipinski definition) is 1. The maximum Gasteiger partial charge on any atom is 0.167 e. The summed E-state index contributed by atoms with van der Waals surface area (Å²) in [4.78, 5) is 12.1. The zero-order valence-electron chi connectivity index (χ0n) is 10.8. The maximum absolute atomic E-state index is 13.1. The summed E-state index contributed by atoms with van der Waals surface area (Å²) in [5.41, 5.74) is 2.45. The summed E-state index contributed by atoms with van der Waals surface area (Å²) in [5, 5.41) is 0. The molecule has 0 aromatic heterocycles. The molecule has 0 radical (unpaired) electrons. The van der Waals surface area contributed by atoms with Crippen LogP contribution in [0.3, 0.4) is 0 Å². The van der Waals surface area contributed by atoms with Gasteiger partial charge in [-0.05, 0) is 60.9 Å². The smallest absolute Gasteiger partial charge is 0.167 e. The van der Waals surface area contributed by atoms with Crippen molar-refractivity contribution in [2.45, 2.75) is 20.3 Å². The van der Waals surface area contributed by atoms with Crippen molar-refractivity contribution in [1.82, 2.24) is 0 Å². The molecule has 2 aromatic carbocycles. The van der Waals surface area contributed by atoms with E-state index in [1.807, 2.05) is 0 Å². The van der Waals surface area contributed by atoms with E-state index in [1.165, 1.54) is 30.3 Å². The van der Waals surface area contributed by atoms with Crippen molar-refractivity contribution in [2.75, 3.05) is 0 Å². The number of hydrogen-bond donors (Lipinski definition) is 0. The Morgan fingerprint density at radius 1 is 1.00 bits per heavy atom. The zero-order valence-corrected chi connectivity index (χ0v) is 10.8. The third-order valence-corrected chi connectivity index (χ3v) is 3.14. The Kier molecular flexibility index (Phi) is 3.74. The van der Waals surface area contributed by atoms with Gasteiger partial charge in [0.25, 0.3) is 0 Å². The van der Waals surface area contributed by atoms with E-state index < -0.39 is 0 Å². The summed E-state index contributed by atoms with van der Waals surface area (Å²) >= 11 is 0. The van der Waals surface area contributed by atoms with Crippen molar-refractivity contribution < 1.29 is 13.6 Å². The molecule has 0 saturated heterocycles. The lowest BCUT2D eigenvalue weighted by Gasteiger charge is -2.06. The average molecular weight is 260 g/mol. The highest BCUT2D eigenvalue weighted by Crippen LogP contribution is 2.15. The fraction of sp³-hybridized carbons (Fsp3) is 0.188. The van der Waals surface area contributed by atoms with E-state index in [9.17, 15) is 13.6 Å². The normalized spacial score (nSPS) is 10.5. The second kappa shape index (κ2) is 5.31. The SMILES string of the molecule is Cc1cc(C(=O)Cc2ccc(F)cc2C)ccc1F. The number of carbonyl (C=O) groups excluding carboxylic acids is 1. The van der Waals surface area contributed by atoms with Gasteiger partial charge in [-0.2, -0.15) is 0 Å². The molecule has 98 valence electrons. The number of Topliss-reactive ketones (excluding diaryl/α,β-unsaturated/α-hetero) is 1. The van der Waals surface area contributed by atoms with Gasteiger partial charge in [-0.1, -0.05) is 6.07 Å². The van der Waals surface area contributed by atoms with Crippen molar-refractivity contribution >= 4 is 5.78 Å². The molecular formula is C16H14F2O. The summed E-state index contributed by atoms with van der Waals surface area (Å²) in [6, 6.07) is 8.66. The van der Waals surface area contributed by atoms with Crippen LogP contribution in [0.25, 0.3) is 0 Å². The van der Waals surface area contributed by atoms with Crippen LogP contribution in [0.5, 0.6) is 0 Å². The molecule has 1 nitrogen and oxygen atoms in total. The minimum atomic E-state index is -0.325. The van der Waals surface area contributed by atoms with E-state index in [-0.39, 0.29) is 23.8 Å². The van der Waals surface area contributed by atoms with Crippen LogP contribution >= 0.6 is 0 Å². The molecule has 0 N–H and O–H groups in total. The van der Waals surface area contributed by atoms with Gasteiger partial charge in [-0.15, -0.1) is 0 Å². The van der Waals surface area contributed by atoms with Crippen LogP contribution in [-0.4, -0.2) is 5.78 Å². The van der Waals surface area contributed by atoms with Gasteiger partial charge in [-0.3, -0.25) is 4.79 Å². The molecule has 0 spiro atoms. The van der Waals surface area contributed by atoms with Crippen molar-refractivity contribution in [3.8, 4) is 0 Å². The third-order valence-electron chi connectivity index (χ3n) is 3.14. The standard InChI is InChI=1S/C16H14F2O/c1-10-8-14(17)5-3-12(10)9-16(19)13-4-6-15(18)11(2)7-13/h3-8H,9H2,1-2H3. The summed E-state index contributed by atoms with van der Waals surface area (Å²) in [7, 11) is 0. The van der Waals surface area contributed by atoms with E-state index in [1.54, 1.807) is 19.9 Å². The summed E-state index contributed by atoms with van der Waals surface area (Å²) in [6.07, 6.45) is 0.192. The van der Waals surface area contributed by atoms with Gasteiger partial charge in [0.2, 0.25) is 0 Å². The summed E-state index contributed by atoms with van der Waals surface area (Å²) in [6.45, 7) is 3.39. The molecule has 0 fully saturated rings. The summed E-state index contributed by atoms with van der Waals surface area (Å²) in [5.74, 6) is -0.737. The molecule has 0 unspecified atom stereocenters. The fourth-order valence-electron chi connectivity index (χ4n) is 1.95. The van der Waals surface area contributed by atoms with Crippen LogP contribution in [0.1, 0.15) is 27.0 Å². The topological polar surface area (TPSA) is 17.1 Å². The first-order valence-corrected chi connectivity index (χ1v) is 6.02. The van der Waals surface area contributed by atoms with E-state index in [4.69, 9.17) is 0 Å². The van der Waals surface area contributed by atoms with E-state index >= 15 is 0 Å². The molecule has 0 aliphatic carbocycles. The molecule has 2 rings (SSSR count). The quantitative estimate of drug-likeness (QED) is 0.762. The Labute approximate surface area is 110 Å². The van der Waals surface area contributed by atoms with Crippen molar-refractivity contribution in [3.63, 3.8) is 0 Å². The molecule has 0 heterocycles. The highest BCUT2D eigenvalue weighted by molar-refractivity contribution is 5.97. The summed E-state index contributed by atoms with van der Waals surface area (Å²) < 4.78 is 26.1. The Bertz CT molecular complexity index is 633. The number of rotatable bonds is 3. The Balaban J connectivity index is 2.23. The molecular weight excluding hydrogens is 246 g/mol. The lowest BCUT2D eigenvalue weighted by molar-refractivity contribution is 0.0992. The monoisotopic (exact) mass is 260 g/mol. The molecule has 2 aromatic rings.